The van der Waals surface area contributed by atoms with Gasteiger partial charge in [-0.25, -0.2) is 0 Å². The Bertz CT molecular complexity index is 358. The monoisotopic (exact) mass is 222 g/mol. The lowest BCUT2D eigenvalue weighted by Gasteiger charge is -2.17. The van der Waals surface area contributed by atoms with Gasteiger partial charge in [-0.05, 0) is 12.5 Å². The summed E-state index contributed by atoms with van der Waals surface area (Å²) in [6.07, 6.45) is 1.98. The van der Waals surface area contributed by atoms with Crippen LogP contribution in [0.2, 0.25) is 0 Å². The molecule has 0 saturated heterocycles. The number of hydrogen-bond acceptors (Lipinski definition) is 6. The predicted octanol–water partition coefficient (Wildman–Crippen LogP) is 0.158. The van der Waals surface area contributed by atoms with Gasteiger partial charge in [0.1, 0.15) is 6.07 Å². The molecular weight excluding hydrogens is 208 g/mol. The quantitative estimate of drug-likeness (QED) is 0.712. The number of aliphatic hydroxyl groups excluding tert-OH is 1. The molecule has 0 fully saturated rings. The maximum Gasteiger partial charge on any atom is 0.166 e. The number of methoxy groups -OCH3 is 1. The zero-order valence-corrected chi connectivity index (χ0v) is 9.05. The third-order valence-corrected chi connectivity index (χ3v) is 2.03. The fraction of sp³-hybridized carbons (Fsp3) is 0.500. The van der Waals surface area contributed by atoms with Crippen LogP contribution in [0.15, 0.2) is 12.3 Å². The molecule has 0 saturated carbocycles. The van der Waals surface area contributed by atoms with Gasteiger partial charge in [-0.3, -0.25) is 0 Å². The van der Waals surface area contributed by atoms with Gasteiger partial charge in [0.25, 0.3) is 0 Å². The van der Waals surface area contributed by atoms with Crippen LogP contribution in [0, 0.1) is 11.3 Å². The van der Waals surface area contributed by atoms with Crippen LogP contribution in [0.4, 0.5) is 5.82 Å². The second-order valence-electron chi connectivity index (χ2n) is 3.21. The summed E-state index contributed by atoms with van der Waals surface area (Å²) in [5.74, 6) is 0.417. The van der Waals surface area contributed by atoms with Crippen LogP contribution >= 0.6 is 0 Å². The molecule has 1 heterocycles. The first-order chi connectivity index (χ1) is 7.81. The Morgan fingerprint density at radius 3 is 3.12 bits per heavy atom. The van der Waals surface area contributed by atoms with Crippen LogP contribution in [0.1, 0.15) is 12.0 Å². The lowest BCUT2D eigenvalue weighted by Crippen LogP contribution is -2.27. The molecule has 16 heavy (non-hydrogen) atoms. The van der Waals surface area contributed by atoms with Crippen LogP contribution in [0.5, 0.6) is 0 Å². The van der Waals surface area contributed by atoms with Crippen molar-refractivity contribution in [2.24, 2.45) is 0 Å². The fourth-order valence-electron chi connectivity index (χ4n) is 1.28. The summed E-state index contributed by atoms with van der Waals surface area (Å²) in [7, 11) is 1.58. The maximum absolute atomic E-state index is 8.87. The van der Waals surface area contributed by atoms with Gasteiger partial charge in [0.2, 0.25) is 0 Å². The summed E-state index contributed by atoms with van der Waals surface area (Å²) >= 11 is 0. The molecule has 0 amide bonds. The Morgan fingerprint density at radius 2 is 2.50 bits per heavy atom. The lowest BCUT2D eigenvalue weighted by molar-refractivity contribution is 0.170. The van der Waals surface area contributed by atoms with E-state index in [-0.39, 0.29) is 12.6 Å². The first-order valence-electron chi connectivity index (χ1n) is 4.90. The molecule has 0 bridgehead atoms. The molecule has 0 spiro atoms. The number of nitriles is 1. The average molecular weight is 222 g/mol. The van der Waals surface area contributed by atoms with Crippen LogP contribution < -0.4 is 5.32 Å². The number of ether oxygens (including phenoxy) is 1. The lowest BCUT2D eigenvalue weighted by atomic mass is 10.2. The van der Waals surface area contributed by atoms with E-state index in [9.17, 15) is 0 Å². The van der Waals surface area contributed by atoms with E-state index in [1.807, 2.05) is 6.07 Å². The SMILES string of the molecule is COCC(CCO)Nc1nnccc1C#N. The van der Waals surface area contributed by atoms with E-state index in [4.69, 9.17) is 15.1 Å². The van der Waals surface area contributed by atoms with Crippen LogP contribution in [0.3, 0.4) is 0 Å². The first-order valence-corrected chi connectivity index (χ1v) is 4.90. The third-order valence-electron chi connectivity index (χ3n) is 2.03. The average Bonchev–Trinajstić information content (AvgIpc) is 2.30. The van der Waals surface area contributed by atoms with E-state index in [0.717, 1.165) is 0 Å². The number of anilines is 1. The van der Waals surface area contributed by atoms with E-state index in [1.54, 1.807) is 13.2 Å². The van der Waals surface area contributed by atoms with E-state index in [2.05, 4.69) is 15.5 Å². The van der Waals surface area contributed by atoms with Crippen LogP contribution in [-0.4, -0.2) is 41.7 Å². The molecule has 1 unspecified atom stereocenters. The topological polar surface area (TPSA) is 91.1 Å². The zero-order chi connectivity index (χ0) is 11.8. The molecule has 0 aromatic carbocycles. The minimum absolute atomic E-state index is 0.0448. The summed E-state index contributed by atoms with van der Waals surface area (Å²) < 4.78 is 5.00. The van der Waals surface area contributed by atoms with Crippen molar-refractivity contribution in [2.45, 2.75) is 12.5 Å². The largest absolute Gasteiger partial charge is 0.396 e. The van der Waals surface area contributed by atoms with Crippen molar-refractivity contribution in [3.63, 3.8) is 0 Å². The van der Waals surface area contributed by atoms with Gasteiger partial charge in [0, 0.05) is 13.7 Å². The van der Waals surface area contributed by atoms with Gasteiger partial charge in [0.15, 0.2) is 5.82 Å². The van der Waals surface area contributed by atoms with Gasteiger partial charge in [-0.2, -0.15) is 10.4 Å². The first kappa shape index (κ1) is 12.4. The molecule has 6 heteroatoms. The molecule has 1 aromatic rings. The van der Waals surface area contributed by atoms with Crippen molar-refractivity contribution in [2.75, 3.05) is 25.6 Å². The van der Waals surface area contributed by atoms with Crippen molar-refractivity contribution in [3.05, 3.63) is 17.8 Å². The summed E-state index contributed by atoms with van der Waals surface area (Å²) in [5.41, 5.74) is 0.425. The Kier molecular flexibility index (Phi) is 5.19. The Morgan fingerprint density at radius 1 is 1.69 bits per heavy atom. The minimum Gasteiger partial charge on any atom is -0.396 e. The van der Waals surface area contributed by atoms with Crippen LogP contribution in [0.25, 0.3) is 0 Å². The van der Waals surface area contributed by atoms with E-state index >= 15 is 0 Å². The number of hydrogen-bond donors (Lipinski definition) is 2. The fourth-order valence-corrected chi connectivity index (χ4v) is 1.28. The van der Waals surface area contributed by atoms with Gasteiger partial charge >= 0.3 is 0 Å². The summed E-state index contributed by atoms with van der Waals surface area (Å²) in [5, 5.41) is 28.3. The number of aliphatic hydroxyl groups is 1. The molecule has 6 nitrogen and oxygen atoms in total. The predicted molar refractivity (Wildman–Crippen MR) is 57.7 cm³/mol. The van der Waals surface area contributed by atoms with Crippen LogP contribution in [-0.2, 0) is 4.74 Å². The highest BCUT2D eigenvalue weighted by Gasteiger charge is 2.11. The van der Waals surface area contributed by atoms with Gasteiger partial charge in [0.05, 0.1) is 24.4 Å². The maximum atomic E-state index is 8.87. The molecular formula is C10H14N4O2. The summed E-state index contributed by atoms with van der Waals surface area (Å²) in [6.45, 7) is 0.477. The molecule has 1 aromatic heterocycles. The molecule has 0 aliphatic rings. The van der Waals surface area contributed by atoms with E-state index in [0.29, 0.717) is 24.4 Å². The van der Waals surface area contributed by atoms with Crippen molar-refractivity contribution in [1.82, 2.24) is 10.2 Å². The number of nitrogens with one attached hydrogen (secondary N) is 1. The third kappa shape index (κ3) is 3.46. The molecule has 0 radical (unpaired) electrons. The van der Waals surface area contributed by atoms with Crippen molar-refractivity contribution in [3.8, 4) is 6.07 Å². The highest BCUT2D eigenvalue weighted by Crippen LogP contribution is 2.11. The molecule has 0 aliphatic heterocycles. The summed E-state index contributed by atoms with van der Waals surface area (Å²) in [4.78, 5) is 0. The smallest absolute Gasteiger partial charge is 0.166 e. The Labute approximate surface area is 93.9 Å². The highest BCUT2D eigenvalue weighted by molar-refractivity contribution is 5.50. The van der Waals surface area contributed by atoms with Gasteiger partial charge in [-0.15, -0.1) is 5.10 Å². The Hall–Kier alpha value is -1.71. The molecule has 2 N–H and O–H groups in total. The Balaban J connectivity index is 2.72. The molecule has 86 valence electrons. The molecule has 0 aliphatic carbocycles. The minimum atomic E-state index is -0.0844. The number of rotatable bonds is 6. The summed E-state index contributed by atoms with van der Waals surface area (Å²) in [6, 6.07) is 3.51. The second kappa shape index (κ2) is 6.71. The standard InChI is InChI=1S/C10H14N4O2/c1-16-7-9(3-5-15)13-10-8(6-11)2-4-12-14-10/h2,4,9,15H,3,5,7H2,1H3,(H,13,14). The second-order valence-corrected chi connectivity index (χ2v) is 3.21. The normalized spacial score (nSPS) is 11.8. The van der Waals surface area contributed by atoms with Crippen molar-refractivity contribution in [1.29, 1.82) is 5.26 Å². The van der Waals surface area contributed by atoms with Crippen molar-refractivity contribution < 1.29 is 9.84 Å². The van der Waals surface area contributed by atoms with Crippen molar-refractivity contribution >= 4 is 5.82 Å². The molecule has 1 rings (SSSR count). The van der Waals surface area contributed by atoms with E-state index < -0.39 is 0 Å². The van der Waals surface area contributed by atoms with Gasteiger partial charge < -0.3 is 15.2 Å². The number of nitrogens with zero attached hydrogens (tertiary/aromatic N) is 3. The van der Waals surface area contributed by atoms with Gasteiger partial charge in [-0.1, -0.05) is 0 Å². The zero-order valence-electron chi connectivity index (χ0n) is 9.05. The molecule has 1 atom stereocenters. The van der Waals surface area contributed by atoms with E-state index in [1.165, 1.54) is 6.20 Å². The number of aromatic nitrogens is 2. The highest BCUT2D eigenvalue weighted by atomic mass is 16.5.